The number of carbonyl (C=O) groups excluding carboxylic acids is 1. The summed E-state index contributed by atoms with van der Waals surface area (Å²) in [6.07, 6.45) is 6.55. The van der Waals surface area contributed by atoms with E-state index < -0.39 is 0 Å². The van der Waals surface area contributed by atoms with Gasteiger partial charge < -0.3 is 10.3 Å². The molecule has 0 saturated carbocycles. The maximum Gasteiger partial charge on any atom is 0.259 e. The number of thioether (sulfide) groups is 1. The molecule has 0 unspecified atom stereocenters. The molecular formula is C23H22N4O2S3. The molecule has 0 fully saturated rings. The predicted molar refractivity (Wildman–Crippen MR) is 134 cm³/mol. The van der Waals surface area contributed by atoms with Crippen molar-refractivity contribution < 1.29 is 4.79 Å². The zero-order valence-corrected chi connectivity index (χ0v) is 19.8. The number of nitrogens with zero attached hydrogens (tertiary/aromatic N) is 2. The number of amides is 1. The maximum absolute atomic E-state index is 12.6. The van der Waals surface area contributed by atoms with Gasteiger partial charge in [-0.25, -0.2) is 9.97 Å². The SMILES string of the molecule is O=C(CCSCc1nc2sc3c(c2c(=O)[nH]1)CCCC3)Nc1cccc(-c2nccs2)c1. The van der Waals surface area contributed by atoms with Crippen molar-refractivity contribution in [3.8, 4) is 10.6 Å². The normalized spacial score (nSPS) is 13.2. The first kappa shape index (κ1) is 21.4. The average molecular weight is 483 g/mol. The van der Waals surface area contributed by atoms with Crippen LogP contribution in [0.2, 0.25) is 0 Å². The summed E-state index contributed by atoms with van der Waals surface area (Å²) in [5.41, 5.74) is 2.95. The zero-order valence-electron chi connectivity index (χ0n) is 17.3. The molecule has 0 spiro atoms. The number of hydrogen-bond acceptors (Lipinski definition) is 7. The Morgan fingerprint density at radius 2 is 2.16 bits per heavy atom. The van der Waals surface area contributed by atoms with E-state index in [1.54, 1.807) is 40.6 Å². The van der Waals surface area contributed by atoms with Crippen LogP contribution < -0.4 is 10.9 Å². The van der Waals surface area contributed by atoms with Crippen LogP contribution in [0.1, 0.15) is 35.5 Å². The van der Waals surface area contributed by atoms with Crippen molar-refractivity contribution in [1.82, 2.24) is 15.0 Å². The van der Waals surface area contributed by atoms with E-state index in [0.29, 0.717) is 23.8 Å². The summed E-state index contributed by atoms with van der Waals surface area (Å²) in [6.45, 7) is 0. The summed E-state index contributed by atoms with van der Waals surface area (Å²) in [4.78, 5) is 39.1. The lowest BCUT2D eigenvalue weighted by molar-refractivity contribution is -0.115. The van der Waals surface area contributed by atoms with Crippen LogP contribution in [0.15, 0.2) is 40.6 Å². The van der Waals surface area contributed by atoms with Crippen LogP contribution in [0.3, 0.4) is 0 Å². The Kier molecular flexibility index (Phi) is 6.38. The first-order valence-corrected chi connectivity index (χ1v) is 13.4. The van der Waals surface area contributed by atoms with E-state index in [2.05, 4.69) is 15.3 Å². The van der Waals surface area contributed by atoms with Crippen LogP contribution in [0.4, 0.5) is 5.69 Å². The fourth-order valence-corrected chi connectivity index (χ4v) is 6.65. The van der Waals surface area contributed by atoms with Gasteiger partial charge >= 0.3 is 0 Å². The van der Waals surface area contributed by atoms with Gasteiger partial charge in [0.2, 0.25) is 5.91 Å². The van der Waals surface area contributed by atoms with E-state index in [4.69, 9.17) is 4.98 Å². The quantitative estimate of drug-likeness (QED) is 0.351. The van der Waals surface area contributed by atoms with Gasteiger partial charge in [0.1, 0.15) is 15.7 Å². The molecule has 6 nitrogen and oxygen atoms in total. The van der Waals surface area contributed by atoms with Gasteiger partial charge in [-0.05, 0) is 43.4 Å². The lowest BCUT2D eigenvalue weighted by Crippen LogP contribution is -2.13. The molecule has 3 aromatic heterocycles. The minimum atomic E-state index is -0.0309. The molecule has 32 heavy (non-hydrogen) atoms. The van der Waals surface area contributed by atoms with Gasteiger partial charge in [-0.2, -0.15) is 11.8 Å². The van der Waals surface area contributed by atoms with Gasteiger partial charge in [-0.15, -0.1) is 22.7 Å². The van der Waals surface area contributed by atoms with E-state index in [0.717, 1.165) is 45.7 Å². The Morgan fingerprint density at radius 3 is 3.03 bits per heavy atom. The van der Waals surface area contributed by atoms with E-state index in [1.165, 1.54) is 16.9 Å². The molecule has 1 amide bonds. The molecule has 9 heteroatoms. The predicted octanol–water partition coefficient (Wildman–Crippen LogP) is 5.25. The van der Waals surface area contributed by atoms with Crippen LogP contribution in [0.25, 0.3) is 20.8 Å². The van der Waals surface area contributed by atoms with Crippen molar-refractivity contribution in [3.05, 3.63) is 62.5 Å². The Labute approximate surface area is 197 Å². The van der Waals surface area contributed by atoms with Crippen molar-refractivity contribution in [2.24, 2.45) is 0 Å². The van der Waals surface area contributed by atoms with Crippen LogP contribution in [0, 0.1) is 0 Å². The summed E-state index contributed by atoms with van der Waals surface area (Å²) in [6, 6.07) is 7.72. The summed E-state index contributed by atoms with van der Waals surface area (Å²) >= 11 is 4.84. The third-order valence-electron chi connectivity index (χ3n) is 5.41. The highest BCUT2D eigenvalue weighted by Gasteiger charge is 2.19. The maximum atomic E-state index is 12.6. The number of carbonyl (C=O) groups is 1. The number of anilines is 1. The van der Waals surface area contributed by atoms with E-state index in [1.807, 2.05) is 29.6 Å². The molecule has 4 aromatic rings. The van der Waals surface area contributed by atoms with Crippen LogP contribution >= 0.6 is 34.4 Å². The van der Waals surface area contributed by atoms with Crippen molar-refractivity contribution in [2.45, 2.75) is 37.9 Å². The number of aryl methyl sites for hydroxylation is 2. The number of fused-ring (bicyclic) bond motifs is 3. The monoisotopic (exact) mass is 482 g/mol. The molecule has 5 rings (SSSR count). The minimum absolute atomic E-state index is 0.0251. The molecule has 1 aliphatic rings. The highest BCUT2D eigenvalue weighted by molar-refractivity contribution is 7.98. The molecule has 0 bridgehead atoms. The molecule has 3 heterocycles. The second-order valence-electron chi connectivity index (χ2n) is 7.67. The number of nitrogens with one attached hydrogen (secondary N) is 2. The number of aromatic amines is 1. The van der Waals surface area contributed by atoms with Gasteiger partial charge in [0.05, 0.1) is 11.1 Å². The first-order chi connectivity index (χ1) is 15.7. The van der Waals surface area contributed by atoms with Gasteiger partial charge in [0.15, 0.2) is 0 Å². The standard InChI is InChI=1S/C23H22N4O2S3/c28-19(25-15-5-3-4-14(12-15)22-24-9-11-31-22)8-10-30-13-18-26-21(29)20-16-6-1-2-7-17(16)32-23(20)27-18/h3-5,9,11-12H,1-2,6-8,10,13H2,(H,25,28)(H,26,27,29). The average Bonchev–Trinajstić information content (AvgIpc) is 3.45. The van der Waals surface area contributed by atoms with Gasteiger partial charge in [0.25, 0.3) is 5.56 Å². The van der Waals surface area contributed by atoms with E-state index in [-0.39, 0.29) is 11.5 Å². The van der Waals surface area contributed by atoms with Gasteiger partial charge in [-0.3, -0.25) is 9.59 Å². The fourth-order valence-electron chi connectivity index (χ4n) is 3.93. The van der Waals surface area contributed by atoms with Crippen molar-refractivity contribution in [3.63, 3.8) is 0 Å². The molecule has 1 aliphatic carbocycles. The number of aromatic nitrogens is 3. The number of rotatable bonds is 7. The molecule has 0 radical (unpaired) electrons. The van der Waals surface area contributed by atoms with Gasteiger partial charge in [-0.1, -0.05) is 12.1 Å². The number of hydrogen-bond donors (Lipinski definition) is 2. The van der Waals surface area contributed by atoms with Crippen molar-refractivity contribution in [1.29, 1.82) is 0 Å². The van der Waals surface area contributed by atoms with E-state index in [9.17, 15) is 9.59 Å². The molecule has 1 aromatic carbocycles. The third-order valence-corrected chi connectivity index (χ3v) is 8.39. The highest BCUT2D eigenvalue weighted by atomic mass is 32.2. The second-order valence-corrected chi connectivity index (χ2v) is 10.8. The molecule has 164 valence electrons. The zero-order chi connectivity index (χ0) is 21.9. The highest BCUT2D eigenvalue weighted by Crippen LogP contribution is 2.33. The third kappa shape index (κ3) is 4.65. The lowest BCUT2D eigenvalue weighted by Gasteiger charge is -2.09. The van der Waals surface area contributed by atoms with Crippen molar-refractivity contribution in [2.75, 3.05) is 11.1 Å². The number of H-pyrrole nitrogens is 1. The Bertz CT molecular complexity index is 1310. The Morgan fingerprint density at radius 1 is 1.25 bits per heavy atom. The Hall–Kier alpha value is -2.49. The molecule has 2 N–H and O–H groups in total. The first-order valence-electron chi connectivity index (χ1n) is 10.6. The Balaban J connectivity index is 1.15. The lowest BCUT2D eigenvalue weighted by atomic mass is 9.97. The second kappa shape index (κ2) is 9.56. The largest absolute Gasteiger partial charge is 0.326 e. The number of thiazole rings is 1. The molecule has 0 aliphatic heterocycles. The topological polar surface area (TPSA) is 87.7 Å². The number of benzene rings is 1. The van der Waals surface area contributed by atoms with E-state index >= 15 is 0 Å². The smallest absolute Gasteiger partial charge is 0.259 e. The van der Waals surface area contributed by atoms with Crippen LogP contribution in [-0.4, -0.2) is 26.6 Å². The molecular weight excluding hydrogens is 460 g/mol. The van der Waals surface area contributed by atoms with Crippen LogP contribution in [0.5, 0.6) is 0 Å². The summed E-state index contributed by atoms with van der Waals surface area (Å²) in [5.74, 6) is 1.89. The summed E-state index contributed by atoms with van der Waals surface area (Å²) < 4.78 is 0. The van der Waals surface area contributed by atoms with Crippen molar-refractivity contribution >= 4 is 56.2 Å². The minimum Gasteiger partial charge on any atom is -0.326 e. The molecule has 0 atom stereocenters. The summed E-state index contributed by atoms with van der Waals surface area (Å²) in [7, 11) is 0. The molecule has 0 saturated heterocycles. The van der Waals surface area contributed by atoms with Gasteiger partial charge in [0, 0.05) is 39.9 Å². The van der Waals surface area contributed by atoms with Crippen LogP contribution in [-0.2, 0) is 23.4 Å². The number of thiophene rings is 1. The summed E-state index contributed by atoms with van der Waals surface area (Å²) in [5, 5.41) is 6.61. The fraction of sp³-hybridized carbons (Fsp3) is 0.304.